The van der Waals surface area contributed by atoms with E-state index in [1.807, 2.05) is 20.8 Å². The van der Waals surface area contributed by atoms with Gasteiger partial charge in [0, 0.05) is 12.3 Å². The van der Waals surface area contributed by atoms with Crippen molar-refractivity contribution in [3.63, 3.8) is 0 Å². The van der Waals surface area contributed by atoms with Crippen LogP contribution < -0.4 is 0 Å². The van der Waals surface area contributed by atoms with E-state index < -0.39 is 5.41 Å². The zero-order valence-electron chi connectivity index (χ0n) is 12.6. The molecule has 1 aliphatic carbocycles. The molecule has 0 aromatic rings. The highest BCUT2D eigenvalue weighted by atomic mass is 16.5. The smallest absolute Gasteiger partial charge is 0.311 e. The highest BCUT2D eigenvalue weighted by molar-refractivity contribution is 5.86. The van der Waals surface area contributed by atoms with Gasteiger partial charge in [-0.2, -0.15) is 0 Å². The molecule has 1 saturated carbocycles. The van der Waals surface area contributed by atoms with Crippen LogP contribution in [0.25, 0.3) is 0 Å². The molecule has 1 aliphatic rings. The van der Waals surface area contributed by atoms with Gasteiger partial charge >= 0.3 is 5.97 Å². The first-order valence-electron chi connectivity index (χ1n) is 7.30. The number of hydrogen-bond acceptors (Lipinski definition) is 3. The maximum Gasteiger partial charge on any atom is 0.311 e. The van der Waals surface area contributed by atoms with Gasteiger partial charge in [0.2, 0.25) is 0 Å². The Labute approximate surface area is 116 Å². The molecule has 1 fully saturated rings. The highest BCUT2D eigenvalue weighted by Gasteiger charge is 2.47. The van der Waals surface area contributed by atoms with Crippen molar-refractivity contribution in [2.24, 2.45) is 17.3 Å². The summed E-state index contributed by atoms with van der Waals surface area (Å²) in [5.74, 6) is 0.185. The van der Waals surface area contributed by atoms with E-state index in [9.17, 15) is 9.59 Å². The van der Waals surface area contributed by atoms with E-state index >= 15 is 0 Å². The SMILES string of the molecule is CC/C=C\CC1C(=O)CCC1C(C)(C)C(=O)OCC. The molecule has 108 valence electrons. The largest absolute Gasteiger partial charge is 0.466 e. The van der Waals surface area contributed by atoms with Crippen LogP contribution in [-0.2, 0) is 14.3 Å². The molecule has 2 atom stereocenters. The maximum absolute atomic E-state index is 12.1. The minimum atomic E-state index is -0.576. The van der Waals surface area contributed by atoms with E-state index in [1.54, 1.807) is 0 Å². The Morgan fingerprint density at radius 1 is 1.37 bits per heavy atom. The molecule has 1 rings (SSSR count). The third-order valence-corrected chi connectivity index (χ3v) is 4.12. The lowest BCUT2D eigenvalue weighted by atomic mass is 9.72. The zero-order valence-corrected chi connectivity index (χ0v) is 12.6. The molecule has 3 nitrogen and oxygen atoms in total. The molecule has 2 unspecified atom stereocenters. The van der Waals surface area contributed by atoms with Crippen LogP contribution in [0.4, 0.5) is 0 Å². The second kappa shape index (κ2) is 6.88. The standard InChI is InChI=1S/C16H26O3/c1-5-7-8-9-12-13(10-11-14(12)17)16(3,4)15(18)19-6-2/h7-8,12-13H,5-6,9-11H2,1-4H3/b8-7-. The van der Waals surface area contributed by atoms with Gasteiger partial charge in [0.05, 0.1) is 12.0 Å². The van der Waals surface area contributed by atoms with Crippen LogP contribution in [0.2, 0.25) is 0 Å². The van der Waals surface area contributed by atoms with Crippen LogP contribution >= 0.6 is 0 Å². The predicted octanol–water partition coefficient (Wildman–Crippen LogP) is 3.53. The quantitative estimate of drug-likeness (QED) is 0.545. The average molecular weight is 266 g/mol. The molecule has 0 aromatic carbocycles. The summed E-state index contributed by atoms with van der Waals surface area (Å²) >= 11 is 0. The molecule has 0 spiro atoms. The van der Waals surface area contributed by atoms with Gasteiger partial charge in [-0.1, -0.05) is 19.1 Å². The molecule has 0 saturated heterocycles. The topological polar surface area (TPSA) is 43.4 Å². The molecule has 0 aliphatic heterocycles. The number of Topliss-reactive ketones (excluding diaryl/α,β-unsaturated/α-hetero) is 1. The number of hydrogen-bond donors (Lipinski definition) is 0. The summed E-state index contributed by atoms with van der Waals surface area (Å²) in [4.78, 5) is 24.1. The second-order valence-electron chi connectivity index (χ2n) is 5.78. The van der Waals surface area contributed by atoms with Crippen LogP contribution in [0.5, 0.6) is 0 Å². The number of ketones is 1. The molecular formula is C16H26O3. The molecule has 0 bridgehead atoms. The molecule has 3 heteroatoms. The van der Waals surface area contributed by atoms with Gasteiger partial charge in [-0.05, 0) is 46.0 Å². The van der Waals surface area contributed by atoms with Gasteiger partial charge in [0.1, 0.15) is 5.78 Å². The lowest BCUT2D eigenvalue weighted by Gasteiger charge is -2.32. The molecule has 0 amide bonds. The molecule has 19 heavy (non-hydrogen) atoms. The summed E-state index contributed by atoms with van der Waals surface area (Å²) in [7, 11) is 0. The fourth-order valence-corrected chi connectivity index (χ4v) is 2.95. The van der Waals surface area contributed by atoms with Crippen LogP contribution in [0.1, 0.15) is 53.4 Å². The van der Waals surface area contributed by atoms with E-state index in [4.69, 9.17) is 4.74 Å². The first kappa shape index (κ1) is 15.9. The Morgan fingerprint density at radius 3 is 2.63 bits per heavy atom. The van der Waals surface area contributed by atoms with Crippen molar-refractivity contribution in [2.75, 3.05) is 6.61 Å². The summed E-state index contributed by atoms with van der Waals surface area (Å²) < 4.78 is 5.16. The highest BCUT2D eigenvalue weighted by Crippen LogP contribution is 2.44. The van der Waals surface area contributed by atoms with Gasteiger partial charge in [-0.15, -0.1) is 0 Å². The van der Waals surface area contributed by atoms with Crippen molar-refractivity contribution in [1.29, 1.82) is 0 Å². The number of allylic oxidation sites excluding steroid dienone is 2. The Morgan fingerprint density at radius 2 is 2.05 bits per heavy atom. The minimum absolute atomic E-state index is 0.0257. The van der Waals surface area contributed by atoms with Crippen molar-refractivity contribution in [3.05, 3.63) is 12.2 Å². The number of carbonyl (C=O) groups is 2. The van der Waals surface area contributed by atoms with E-state index in [1.165, 1.54) is 0 Å². The van der Waals surface area contributed by atoms with Crippen molar-refractivity contribution in [1.82, 2.24) is 0 Å². The molecule has 0 heterocycles. The normalized spacial score (nSPS) is 24.1. The molecule has 0 radical (unpaired) electrons. The van der Waals surface area contributed by atoms with Gasteiger partial charge in [-0.25, -0.2) is 0 Å². The lowest BCUT2D eigenvalue weighted by molar-refractivity contribution is -0.157. The first-order valence-corrected chi connectivity index (χ1v) is 7.30. The third-order valence-electron chi connectivity index (χ3n) is 4.12. The summed E-state index contributed by atoms with van der Waals surface area (Å²) in [6.07, 6.45) is 7.28. The number of esters is 1. The number of rotatable bonds is 6. The predicted molar refractivity (Wildman–Crippen MR) is 75.7 cm³/mol. The Kier molecular flexibility index (Phi) is 5.77. The zero-order chi connectivity index (χ0) is 14.5. The van der Waals surface area contributed by atoms with Crippen LogP contribution in [0.15, 0.2) is 12.2 Å². The van der Waals surface area contributed by atoms with Gasteiger partial charge in [-0.3, -0.25) is 9.59 Å². The van der Waals surface area contributed by atoms with Gasteiger partial charge in [0.15, 0.2) is 0 Å². The van der Waals surface area contributed by atoms with Crippen molar-refractivity contribution >= 4 is 11.8 Å². The minimum Gasteiger partial charge on any atom is -0.466 e. The molecule has 0 aromatic heterocycles. The van der Waals surface area contributed by atoms with Gasteiger partial charge < -0.3 is 4.74 Å². The van der Waals surface area contributed by atoms with E-state index in [-0.39, 0.29) is 17.8 Å². The number of ether oxygens (including phenoxy) is 1. The van der Waals surface area contributed by atoms with Gasteiger partial charge in [0.25, 0.3) is 0 Å². The van der Waals surface area contributed by atoms with E-state index in [0.717, 1.165) is 19.3 Å². The summed E-state index contributed by atoms with van der Waals surface area (Å²) in [6, 6.07) is 0. The second-order valence-corrected chi connectivity index (χ2v) is 5.78. The average Bonchev–Trinajstić information content (AvgIpc) is 2.72. The van der Waals surface area contributed by atoms with Crippen LogP contribution in [0, 0.1) is 17.3 Å². The fraction of sp³-hybridized carbons (Fsp3) is 0.750. The van der Waals surface area contributed by atoms with Crippen molar-refractivity contribution < 1.29 is 14.3 Å². The van der Waals surface area contributed by atoms with Crippen LogP contribution in [-0.4, -0.2) is 18.4 Å². The van der Waals surface area contributed by atoms with E-state index in [2.05, 4.69) is 19.1 Å². The Bertz CT molecular complexity index is 355. The summed E-state index contributed by atoms with van der Waals surface area (Å²) in [5.41, 5.74) is -0.576. The van der Waals surface area contributed by atoms with Crippen molar-refractivity contribution in [2.45, 2.75) is 53.4 Å². The molecule has 0 N–H and O–H groups in total. The Hall–Kier alpha value is -1.12. The first-order chi connectivity index (χ1) is 8.95. The van der Waals surface area contributed by atoms with E-state index in [0.29, 0.717) is 18.8 Å². The van der Waals surface area contributed by atoms with Crippen LogP contribution in [0.3, 0.4) is 0 Å². The summed E-state index contributed by atoms with van der Waals surface area (Å²) in [5, 5.41) is 0. The Balaban J connectivity index is 2.81. The monoisotopic (exact) mass is 266 g/mol. The summed E-state index contributed by atoms with van der Waals surface area (Å²) in [6.45, 7) is 8.10. The fourth-order valence-electron chi connectivity index (χ4n) is 2.95. The number of carbonyl (C=O) groups excluding carboxylic acids is 2. The third kappa shape index (κ3) is 3.68. The molecular weight excluding hydrogens is 240 g/mol. The maximum atomic E-state index is 12.1. The lowest BCUT2D eigenvalue weighted by Crippen LogP contribution is -2.37. The van der Waals surface area contributed by atoms with Crippen molar-refractivity contribution in [3.8, 4) is 0 Å².